The van der Waals surface area contributed by atoms with Crippen molar-refractivity contribution in [2.45, 2.75) is 51.4 Å². The smallest absolute Gasteiger partial charge is 0.338 e. The lowest BCUT2D eigenvalue weighted by molar-refractivity contribution is 0.0476. The fourth-order valence-corrected chi connectivity index (χ4v) is 5.47. The standard InChI is InChI=1S/C30H38N2O5.2ClH.H2O/c33-29(35-19-7-17-31-13-3-1-4-14-31)23-9-11-27-25(21-23)26-22-24(10-12-28(26)37-27)30(34)36-20-8-18-32-15-5-2-6-16-32;;;/h9-12,21-22H,1-8,13-20H2;2*1H;1H2. The maximum absolute atomic E-state index is 12.7. The predicted octanol–water partition coefficient (Wildman–Crippen LogP) is 5.67. The average molecular weight is 598 g/mol. The number of hydrogen-bond donors (Lipinski definition) is 0. The third kappa shape index (κ3) is 8.82. The number of halogens is 2. The molecule has 0 spiro atoms. The van der Waals surface area contributed by atoms with Gasteiger partial charge in [-0.15, -0.1) is 24.8 Å². The molecule has 2 fully saturated rings. The van der Waals surface area contributed by atoms with Crippen molar-refractivity contribution in [3.8, 4) is 0 Å². The molecule has 0 amide bonds. The molecule has 40 heavy (non-hydrogen) atoms. The molecule has 10 heteroatoms. The Labute approximate surface area is 248 Å². The molecule has 0 saturated carbocycles. The van der Waals surface area contributed by atoms with Crippen LogP contribution in [0.1, 0.15) is 72.1 Å². The highest BCUT2D eigenvalue weighted by atomic mass is 35.5. The van der Waals surface area contributed by atoms with Gasteiger partial charge in [0.15, 0.2) is 0 Å². The van der Waals surface area contributed by atoms with Crippen molar-refractivity contribution in [1.29, 1.82) is 0 Å². The zero-order chi connectivity index (χ0) is 25.5. The molecule has 2 aliphatic rings. The molecule has 0 bridgehead atoms. The van der Waals surface area contributed by atoms with Crippen molar-refractivity contribution < 1.29 is 29.0 Å². The summed E-state index contributed by atoms with van der Waals surface area (Å²) in [6.45, 7) is 7.34. The number of hydrogen-bond acceptors (Lipinski definition) is 7. The zero-order valence-corrected chi connectivity index (χ0v) is 24.7. The Morgan fingerprint density at radius 2 is 1.05 bits per heavy atom. The number of furan rings is 1. The van der Waals surface area contributed by atoms with Crippen LogP contribution in [0, 0.1) is 0 Å². The molecule has 3 aromatic rings. The number of rotatable bonds is 10. The van der Waals surface area contributed by atoms with Crippen LogP contribution < -0.4 is 0 Å². The predicted molar refractivity (Wildman–Crippen MR) is 162 cm³/mol. The van der Waals surface area contributed by atoms with E-state index in [0.29, 0.717) is 35.5 Å². The lowest BCUT2D eigenvalue weighted by atomic mass is 10.1. The molecule has 222 valence electrons. The van der Waals surface area contributed by atoms with Gasteiger partial charge in [-0.1, -0.05) is 12.8 Å². The van der Waals surface area contributed by atoms with E-state index in [4.69, 9.17) is 13.9 Å². The van der Waals surface area contributed by atoms with Gasteiger partial charge in [0.05, 0.1) is 24.3 Å². The quantitative estimate of drug-likeness (QED) is 0.219. The molecule has 2 aliphatic heterocycles. The molecule has 0 unspecified atom stereocenters. The van der Waals surface area contributed by atoms with Gasteiger partial charge >= 0.3 is 11.9 Å². The van der Waals surface area contributed by atoms with E-state index in [1.807, 2.05) is 0 Å². The van der Waals surface area contributed by atoms with Crippen LogP contribution in [0.3, 0.4) is 0 Å². The first-order valence-electron chi connectivity index (χ1n) is 13.9. The van der Waals surface area contributed by atoms with Gasteiger partial charge < -0.3 is 29.2 Å². The maximum atomic E-state index is 12.7. The highest BCUT2D eigenvalue weighted by molar-refractivity contribution is 6.09. The monoisotopic (exact) mass is 596 g/mol. The Bertz CT molecular complexity index is 1130. The lowest BCUT2D eigenvalue weighted by Gasteiger charge is -2.26. The van der Waals surface area contributed by atoms with E-state index >= 15 is 0 Å². The first-order chi connectivity index (χ1) is 18.2. The molecule has 0 atom stereocenters. The van der Waals surface area contributed by atoms with Gasteiger partial charge in [0.2, 0.25) is 0 Å². The van der Waals surface area contributed by atoms with E-state index in [9.17, 15) is 9.59 Å². The second-order valence-corrected chi connectivity index (χ2v) is 10.3. The first-order valence-corrected chi connectivity index (χ1v) is 13.9. The second-order valence-electron chi connectivity index (χ2n) is 10.3. The van der Waals surface area contributed by atoms with E-state index in [0.717, 1.165) is 62.9 Å². The summed E-state index contributed by atoms with van der Waals surface area (Å²) in [5.41, 5.74) is 2.31. The van der Waals surface area contributed by atoms with Crippen molar-refractivity contribution in [1.82, 2.24) is 9.80 Å². The summed E-state index contributed by atoms with van der Waals surface area (Å²) in [5.74, 6) is -0.668. The van der Waals surface area contributed by atoms with Crippen LogP contribution in [0.5, 0.6) is 0 Å². The topological polar surface area (TPSA) is 104 Å². The fourth-order valence-electron chi connectivity index (χ4n) is 5.47. The maximum Gasteiger partial charge on any atom is 0.338 e. The van der Waals surface area contributed by atoms with Crippen molar-refractivity contribution in [3.05, 3.63) is 47.5 Å². The summed E-state index contributed by atoms with van der Waals surface area (Å²) in [6.07, 6.45) is 9.36. The molecule has 2 saturated heterocycles. The third-order valence-corrected chi connectivity index (χ3v) is 7.54. The highest BCUT2D eigenvalue weighted by Gasteiger charge is 2.16. The molecular formula is C30H42Cl2N2O6. The van der Waals surface area contributed by atoms with E-state index in [1.54, 1.807) is 36.4 Å². The molecular weight excluding hydrogens is 555 g/mol. The molecule has 5 rings (SSSR count). The number of nitrogens with zero attached hydrogens (tertiary/aromatic N) is 2. The van der Waals surface area contributed by atoms with Crippen molar-refractivity contribution >= 4 is 58.7 Å². The Balaban J connectivity index is 0.00000187. The highest BCUT2D eigenvalue weighted by Crippen LogP contribution is 2.30. The zero-order valence-electron chi connectivity index (χ0n) is 23.0. The minimum Gasteiger partial charge on any atom is -0.462 e. The summed E-state index contributed by atoms with van der Waals surface area (Å²) in [5, 5.41) is 1.58. The first kappa shape index (κ1) is 33.8. The molecule has 0 aliphatic carbocycles. The lowest BCUT2D eigenvalue weighted by Crippen LogP contribution is -2.31. The minimum atomic E-state index is -0.334. The summed E-state index contributed by atoms with van der Waals surface area (Å²) in [4.78, 5) is 30.3. The Kier molecular flexibility index (Phi) is 14.2. The Hall–Kier alpha value is -2.36. The van der Waals surface area contributed by atoms with Gasteiger partial charge in [0.1, 0.15) is 11.2 Å². The van der Waals surface area contributed by atoms with E-state index < -0.39 is 0 Å². The van der Waals surface area contributed by atoms with Gasteiger partial charge in [0, 0.05) is 23.9 Å². The largest absolute Gasteiger partial charge is 0.462 e. The number of piperidine rings is 2. The summed E-state index contributed by atoms with van der Waals surface area (Å²) in [6, 6.07) is 10.6. The molecule has 1 aromatic heterocycles. The van der Waals surface area contributed by atoms with Gasteiger partial charge in [-0.05, 0) is 101 Å². The fraction of sp³-hybridized carbons (Fsp3) is 0.533. The van der Waals surface area contributed by atoms with Crippen LogP contribution in [-0.2, 0) is 9.47 Å². The minimum absolute atomic E-state index is 0. The summed E-state index contributed by atoms with van der Waals surface area (Å²) in [7, 11) is 0. The van der Waals surface area contributed by atoms with Crippen LogP contribution >= 0.6 is 24.8 Å². The number of likely N-dealkylation sites (tertiary alicyclic amines) is 2. The number of esters is 2. The normalized spacial score (nSPS) is 16.0. The van der Waals surface area contributed by atoms with Crippen molar-refractivity contribution in [2.24, 2.45) is 0 Å². The van der Waals surface area contributed by atoms with Crippen LogP contribution in [0.15, 0.2) is 40.8 Å². The number of benzene rings is 2. The Morgan fingerprint density at radius 3 is 1.45 bits per heavy atom. The summed E-state index contributed by atoms with van der Waals surface area (Å²) < 4.78 is 17.0. The third-order valence-electron chi connectivity index (χ3n) is 7.54. The van der Waals surface area contributed by atoms with Gasteiger partial charge in [0.25, 0.3) is 0 Å². The van der Waals surface area contributed by atoms with Crippen LogP contribution in [0.2, 0.25) is 0 Å². The van der Waals surface area contributed by atoms with Crippen LogP contribution in [0.25, 0.3) is 21.9 Å². The molecule has 8 nitrogen and oxygen atoms in total. The van der Waals surface area contributed by atoms with E-state index in [2.05, 4.69) is 9.80 Å². The second kappa shape index (κ2) is 16.8. The SMILES string of the molecule is Cl.Cl.O.O=C(OCCCN1CCCCC1)c1ccc2oc3ccc(C(=O)OCCCN4CCCCC4)cc3c2c1. The summed E-state index contributed by atoms with van der Waals surface area (Å²) >= 11 is 0. The van der Waals surface area contributed by atoms with Crippen molar-refractivity contribution in [3.63, 3.8) is 0 Å². The number of carbonyl (C=O) groups excluding carboxylic acids is 2. The molecule has 0 radical (unpaired) electrons. The van der Waals surface area contributed by atoms with E-state index in [-0.39, 0.29) is 42.2 Å². The molecule has 2 aromatic carbocycles. The average Bonchev–Trinajstić information content (AvgIpc) is 3.31. The van der Waals surface area contributed by atoms with Gasteiger partial charge in [-0.2, -0.15) is 0 Å². The molecule has 2 N–H and O–H groups in total. The number of carbonyl (C=O) groups is 2. The number of ether oxygens (including phenoxy) is 2. The molecule has 3 heterocycles. The Morgan fingerprint density at radius 1 is 0.650 bits per heavy atom. The van der Waals surface area contributed by atoms with Crippen molar-refractivity contribution in [2.75, 3.05) is 52.5 Å². The van der Waals surface area contributed by atoms with E-state index in [1.165, 1.54) is 38.5 Å². The van der Waals surface area contributed by atoms with Crippen LogP contribution in [0.4, 0.5) is 0 Å². The van der Waals surface area contributed by atoms with Crippen LogP contribution in [-0.4, -0.2) is 79.7 Å². The number of fused-ring (bicyclic) bond motifs is 3. The van der Waals surface area contributed by atoms with Gasteiger partial charge in [-0.25, -0.2) is 9.59 Å². The van der Waals surface area contributed by atoms with Gasteiger partial charge in [-0.3, -0.25) is 0 Å².